The number of anilines is 1. The average molecular weight is 426 g/mol. The smallest absolute Gasteiger partial charge is 0.255 e. The van der Waals surface area contributed by atoms with E-state index in [4.69, 9.17) is 0 Å². The number of nitrogens with zero attached hydrogens (tertiary/aromatic N) is 1. The van der Waals surface area contributed by atoms with Gasteiger partial charge < -0.3 is 10.3 Å². The summed E-state index contributed by atoms with van der Waals surface area (Å²) >= 11 is 3.05. The fraction of sp³-hybridized carbons (Fsp3) is 0.227. The number of hydrogen-bond donors (Lipinski definition) is 2. The molecule has 0 aliphatic heterocycles. The lowest BCUT2D eigenvalue weighted by Crippen LogP contribution is -2.24. The molecule has 1 unspecified atom stereocenters. The van der Waals surface area contributed by atoms with Crippen molar-refractivity contribution in [1.29, 1.82) is 0 Å². The molecule has 0 fully saturated rings. The second-order valence-corrected chi connectivity index (χ2v) is 8.71. The zero-order valence-electron chi connectivity index (χ0n) is 16.6. The Kier molecular flexibility index (Phi) is 7.17. The van der Waals surface area contributed by atoms with Crippen molar-refractivity contribution in [2.75, 3.05) is 11.6 Å². The first kappa shape index (κ1) is 21.2. The van der Waals surface area contributed by atoms with Crippen molar-refractivity contribution in [3.63, 3.8) is 0 Å². The molecule has 5 nitrogen and oxygen atoms in total. The molecule has 150 valence electrons. The zero-order chi connectivity index (χ0) is 20.8. The number of aryl methyl sites for hydroxylation is 1. The second kappa shape index (κ2) is 9.80. The van der Waals surface area contributed by atoms with E-state index in [2.05, 4.69) is 22.2 Å². The molecular formula is C22H23N3O2S2. The van der Waals surface area contributed by atoms with Crippen LogP contribution in [0.4, 0.5) is 5.69 Å². The van der Waals surface area contributed by atoms with Gasteiger partial charge in [0.05, 0.1) is 12.1 Å². The fourth-order valence-corrected chi connectivity index (χ4v) is 4.43. The number of hydrogen-bond acceptors (Lipinski definition) is 5. The Labute approximate surface area is 178 Å². The van der Waals surface area contributed by atoms with Gasteiger partial charge >= 0.3 is 0 Å². The van der Waals surface area contributed by atoms with Gasteiger partial charge in [0.25, 0.3) is 5.56 Å². The van der Waals surface area contributed by atoms with Crippen molar-refractivity contribution in [1.82, 2.24) is 9.97 Å². The van der Waals surface area contributed by atoms with Crippen LogP contribution in [-0.2, 0) is 11.2 Å². The molecule has 0 aliphatic rings. The molecule has 0 spiro atoms. The van der Waals surface area contributed by atoms with E-state index in [0.717, 1.165) is 16.1 Å². The highest BCUT2D eigenvalue weighted by molar-refractivity contribution is 7.99. The van der Waals surface area contributed by atoms with Crippen molar-refractivity contribution >= 4 is 35.1 Å². The van der Waals surface area contributed by atoms with Gasteiger partial charge in [0, 0.05) is 21.4 Å². The lowest BCUT2D eigenvalue weighted by Gasteiger charge is -2.13. The minimum Gasteiger partial charge on any atom is -0.325 e. The fourth-order valence-electron chi connectivity index (χ4n) is 2.91. The molecule has 0 saturated heterocycles. The first-order valence-electron chi connectivity index (χ1n) is 9.22. The molecule has 2 aromatic carbocycles. The Morgan fingerprint density at radius 2 is 1.83 bits per heavy atom. The lowest BCUT2D eigenvalue weighted by molar-refractivity contribution is -0.115. The topological polar surface area (TPSA) is 74.8 Å². The zero-order valence-corrected chi connectivity index (χ0v) is 18.2. The van der Waals surface area contributed by atoms with Gasteiger partial charge in [-0.15, -0.1) is 11.8 Å². The van der Waals surface area contributed by atoms with Crippen molar-refractivity contribution in [3.8, 4) is 0 Å². The normalized spacial score (nSPS) is 11.8. The van der Waals surface area contributed by atoms with E-state index < -0.39 is 0 Å². The van der Waals surface area contributed by atoms with E-state index in [0.29, 0.717) is 16.4 Å². The molecule has 2 N–H and O–H groups in total. The summed E-state index contributed by atoms with van der Waals surface area (Å²) in [6, 6.07) is 17.6. The number of rotatable bonds is 7. The van der Waals surface area contributed by atoms with Crippen molar-refractivity contribution in [2.24, 2.45) is 0 Å². The number of thioether (sulfide) groups is 2. The van der Waals surface area contributed by atoms with Crippen LogP contribution < -0.4 is 10.9 Å². The first-order valence-corrected chi connectivity index (χ1v) is 11.3. The Balaban J connectivity index is 1.72. The number of benzene rings is 2. The Hall–Kier alpha value is -2.51. The summed E-state index contributed by atoms with van der Waals surface area (Å²) in [4.78, 5) is 33.4. The third-order valence-corrected chi connectivity index (χ3v) is 6.31. The Bertz CT molecular complexity index is 1050. The maximum Gasteiger partial charge on any atom is 0.255 e. The van der Waals surface area contributed by atoms with Crippen LogP contribution in [0.15, 0.2) is 69.4 Å². The summed E-state index contributed by atoms with van der Waals surface area (Å²) in [5.41, 5.74) is 2.60. The number of nitrogens with one attached hydrogen (secondary N) is 2. The van der Waals surface area contributed by atoms with E-state index in [-0.39, 0.29) is 23.1 Å². The van der Waals surface area contributed by atoms with E-state index >= 15 is 0 Å². The maximum absolute atomic E-state index is 12.6. The van der Waals surface area contributed by atoms with Crippen LogP contribution in [0.5, 0.6) is 0 Å². The second-order valence-electron chi connectivity index (χ2n) is 6.53. The Morgan fingerprint density at radius 3 is 2.52 bits per heavy atom. The number of aromatic nitrogens is 2. The minimum atomic E-state index is -0.270. The summed E-state index contributed by atoms with van der Waals surface area (Å²) in [5.74, 6) is -0.236. The van der Waals surface area contributed by atoms with Gasteiger partial charge in [-0.2, -0.15) is 0 Å². The molecule has 1 aromatic heterocycles. The maximum atomic E-state index is 12.6. The van der Waals surface area contributed by atoms with Gasteiger partial charge in [-0.3, -0.25) is 9.59 Å². The Morgan fingerprint density at radius 1 is 1.14 bits per heavy atom. The van der Waals surface area contributed by atoms with Gasteiger partial charge in [-0.05, 0) is 37.8 Å². The summed E-state index contributed by atoms with van der Waals surface area (Å²) in [6.45, 7) is 3.84. The van der Waals surface area contributed by atoms with Crippen LogP contribution in [0.1, 0.15) is 29.0 Å². The van der Waals surface area contributed by atoms with E-state index in [1.807, 2.05) is 60.9 Å². The minimum absolute atomic E-state index is 0.0178. The molecule has 3 rings (SSSR count). The number of amides is 1. The number of para-hydroxylation sites is 1. The summed E-state index contributed by atoms with van der Waals surface area (Å²) in [7, 11) is 0. The highest BCUT2D eigenvalue weighted by Crippen LogP contribution is 2.32. The summed E-state index contributed by atoms with van der Waals surface area (Å²) in [6.07, 6.45) is 1.94. The molecule has 1 atom stereocenters. The van der Waals surface area contributed by atoms with E-state index in [1.54, 1.807) is 18.7 Å². The van der Waals surface area contributed by atoms with Crippen LogP contribution in [0.25, 0.3) is 0 Å². The molecule has 1 amide bonds. The molecule has 0 bridgehead atoms. The molecule has 1 heterocycles. The van der Waals surface area contributed by atoms with E-state index in [9.17, 15) is 9.59 Å². The van der Waals surface area contributed by atoms with Gasteiger partial charge in [0.15, 0.2) is 5.16 Å². The van der Waals surface area contributed by atoms with Gasteiger partial charge in [-0.25, -0.2) is 4.98 Å². The quantitative estimate of drug-likeness (QED) is 0.419. The average Bonchev–Trinajstić information content (AvgIpc) is 2.72. The largest absolute Gasteiger partial charge is 0.325 e. The molecule has 0 radical (unpaired) electrons. The molecular weight excluding hydrogens is 402 g/mol. The molecule has 3 aromatic rings. The molecule has 29 heavy (non-hydrogen) atoms. The highest BCUT2D eigenvalue weighted by atomic mass is 32.2. The molecule has 0 saturated carbocycles. The van der Waals surface area contributed by atoms with Crippen LogP contribution in [0.3, 0.4) is 0 Å². The molecule has 7 heteroatoms. The van der Waals surface area contributed by atoms with Crippen LogP contribution in [0.2, 0.25) is 0 Å². The van der Waals surface area contributed by atoms with Crippen molar-refractivity contribution in [2.45, 2.75) is 35.6 Å². The van der Waals surface area contributed by atoms with Crippen LogP contribution in [0, 0.1) is 6.92 Å². The van der Waals surface area contributed by atoms with Crippen molar-refractivity contribution < 1.29 is 4.79 Å². The molecule has 0 aliphatic carbocycles. The van der Waals surface area contributed by atoms with Gasteiger partial charge in [0.2, 0.25) is 5.91 Å². The number of carbonyl (C=O) groups is 1. The highest BCUT2D eigenvalue weighted by Gasteiger charge is 2.16. The number of carbonyl (C=O) groups excluding carboxylic acids is 1. The van der Waals surface area contributed by atoms with Crippen LogP contribution in [-0.4, -0.2) is 22.1 Å². The summed E-state index contributed by atoms with van der Waals surface area (Å²) < 4.78 is 0. The predicted octanol–water partition coefficient (Wildman–Crippen LogP) is 4.83. The number of aromatic amines is 1. The third kappa shape index (κ3) is 5.52. The van der Waals surface area contributed by atoms with Crippen molar-refractivity contribution in [3.05, 3.63) is 81.8 Å². The van der Waals surface area contributed by atoms with Gasteiger partial charge in [-0.1, -0.05) is 54.2 Å². The SMILES string of the molecule is CSc1ccccc1NC(=O)Cc1c(C)nc(SC(C)c2ccccc2)[nH]c1=O. The third-order valence-electron chi connectivity index (χ3n) is 4.48. The van der Waals surface area contributed by atoms with E-state index in [1.165, 1.54) is 11.8 Å². The summed E-state index contributed by atoms with van der Waals surface area (Å²) in [5, 5.41) is 3.59. The van der Waals surface area contributed by atoms with Gasteiger partial charge in [0.1, 0.15) is 0 Å². The number of H-pyrrole nitrogens is 1. The lowest BCUT2D eigenvalue weighted by atomic mass is 10.1. The standard InChI is InChI=1S/C22H23N3O2S2/c1-14-17(13-20(26)24-18-11-7-8-12-19(18)28-3)21(27)25-22(23-14)29-15(2)16-9-5-4-6-10-16/h4-12,15H,13H2,1-3H3,(H,24,26)(H,23,25,27). The predicted molar refractivity (Wildman–Crippen MR) is 121 cm³/mol. The van der Waals surface area contributed by atoms with Crippen LogP contribution >= 0.6 is 23.5 Å². The first-order chi connectivity index (χ1) is 14.0. The monoisotopic (exact) mass is 425 g/mol.